The highest BCUT2D eigenvalue weighted by atomic mass is 16.6. The Kier molecular flexibility index (Phi) is 11.5. The highest BCUT2D eigenvalue weighted by molar-refractivity contribution is 5.91. The maximum Gasteiger partial charge on any atom is 0.343 e. The first-order valence-corrected chi connectivity index (χ1v) is 11.4. The zero-order valence-corrected chi connectivity index (χ0v) is 18.5. The number of ether oxygens (including phenoxy) is 3. The molecule has 164 valence electrons. The van der Waals surface area contributed by atoms with Gasteiger partial charge in [0.1, 0.15) is 5.75 Å². The Morgan fingerprint density at radius 2 is 1.23 bits per heavy atom. The van der Waals surface area contributed by atoms with Gasteiger partial charge < -0.3 is 14.2 Å². The van der Waals surface area contributed by atoms with Crippen LogP contribution in [0.15, 0.2) is 48.5 Å². The minimum Gasteiger partial charge on any atom is -0.494 e. The van der Waals surface area contributed by atoms with E-state index in [0.29, 0.717) is 30.3 Å². The van der Waals surface area contributed by atoms with Gasteiger partial charge in [0.15, 0.2) is 11.5 Å². The molecule has 0 saturated heterocycles. The number of rotatable bonds is 15. The minimum absolute atomic E-state index is 0.400. The summed E-state index contributed by atoms with van der Waals surface area (Å²) in [5, 5.41) is 0. The number of hydrogen-bond donors (Lipinski definition) is 0. The van der Waals surface area contributed by atoms with Crippen LogP contribution in [0, 0.1) is 0 Å². The lowest BCUT2D eigenvalue weighted by molar-refractivity contribution is 0.0728. The van der Waals surface area contributed by atoms with Gasteiger partial charge in [-0.1, -0.05) is 70.9 Å². The predicted octanol–water partition coefficient (Wildman–Crippen LogP) is 7.21. The van der Waals surface area contributed by atoms with Crippen molar-refractivity contribution < 1.29 is 19.0 Å². The lowest BCUT2D eigenvalue weighted by Crippen LogP contribution is -2.10. The lowest BCUT2D eigenvalue weighted by atomic mass is 10.2. The highest BCUT2D eigenvalue weighted by Gasteiger charge is 2.12. The molecule has 2 aromatic carbocycles. The molecule has 0 fully saturated rings. The Bertz CT molecular complexity index is 724. The molecule has 0 unspecified atom stereocenters. The molecule has 0 N–H and O–H groups in total. The largest absolute Gasteiger partial charge is 0.494 e. The molecular weight excluding hydrogens is 376 g/mol. The summed E-state index contributed by atoms with van der Waals surface area (Å²) in [5.41, 5.74) is 0.489. The molecular formula is C26H36O4. The first-order chi connectivity index (χ1) is 14.7. The van der Waals surface area contributed by atoms with Crippen molar-refractivity contribution in [3.8, 4) is 17.2 Å². The van der Waals surface area contributed by atoms with Crippen LogP contribution in [-0.2, 0) is 0 Å². The van der Waals surface area contributed by atoms with Crippen LogP contribution in [0.25, 0.3) is 0 Å². The third kappa shape index (κ3) is 8.89. The molecule has 0 amide bonds. The fourth-order valence-corrected chi connectivity index (χ4v) is 3.11. The summed E-state index contributed by atoms with van der Waals surface area (Å²) >= 11 is 0. The van der Waals surface area contributed by atoms with E-state index >= 15 is 0 Å². The third-order valence-corrected chi connectivity index (χ3v) is 4.91. The van der Waals surface area contributed by atoms with E-state index in [2.05, 4.69) is 13.8 Å². The maximum atomic E-state index is 12.5. The van der Waals surface area contributed by atoms with Crippen molar-refractivity contribution in [2.45, 2.75) is 71.6 Å². The molecule has 0 radical (unpaired) electrons. The van der Waals surface area contributed by atoms with Crippen molar-refractivity contribution in [1.29, 1.82) is 0 Å². The van der Waals surface area contributed by atoms with Crippen molar-refractivity contribution in [3.63, 3.8) is 0 Å². The van der Waals surface area contributed by atoms with Crippen molar-refractivity contribution >= 4 is 5.97 Å². The van der Waals surface area contributed by atoms with E-state index in [-0.39, 0.29) is 0 Å². The van der Waals surface area contributed by atoms with E-state index in [4.69, 9.17) is 14.2 Å². The Labute approximate surface area is 181 Å². The van der Waals surface area contributed by atoms with Gasteiger partial charge in [0.25, 0.3) is 0 Å². The molecule has 0 spiro atoms. The molecule has 0 bridgehead atoms. The standard InChI is InChI=1S/C26H36O4/c1-3-5-7-9-13-20-28-23-18-16-22(17-19-23)26(27)30-25-15-11-10-14-24(25)29-21-12-8-6-4-2/h10-11,14-19H,3-9,12-13,20-21H2,1-2H3. The number of esters is 1. The SMILES string of the molecule is CCCCCCCOc1ccc(C(=O)Oc2ccccc2OCCCCCC)cc1. The summed E-state index contributed by atoms with van der Waals surface area (Å²) < 4.78 is 17.2. The van der Waals surface area contributed by atoms with Crippen LogP contribution < -0.4 is 14.2 Å². The minimum atomic E-state index is -0.400. The molecule has 2 aromatic rings. The van der Waals surface area contributed by atoms with Crippen LogP contribution in [0.5, 0.6) is 17.2 Å². The van der Waals surface area contributed by atoms with E-state index < -0.39 is 5.97 Å². The van der Waals surface area contributed by atoms with Gasteiger partial charge in [-0.25, -0.2) is 4.79 Å². The van der Waals surface area contributed by atoms with E-state index in [9.17, 15) is 4.79 Å². The highest BCUT2D eigenvalue weighted by Crippen LogP contribution is 2.28. The van der Waals surface area contributed by atoms with Crippen LogP contribution in [0.2, 0.25) is 0 Å². The van der Waals surface area contributed by atoms with Gasteiger partial charge in [0.05, 0.1) is 18.8 Å². The molecule has 0 aliphatic heterocycles. The van der Waals surface area contributed by atoms with E-state index in [0.717, 1.165) is 25.0 Å². The van der Waals surface area contributed by atoms with Crippen molar-refractivity contribution in [2.75, 3.05) is 13.2 Å². The van der Waals surface area contributed by atoms with E-state index in [1.54, 1.807) is 18.2 Å². The number of carbonyl (C=O) groups is 1. The first-order valence-electron chi connectivity index (χ1n) is 11.4. The zero-order chi connectivity index (χ0) is 21.4. The Morgan fingerprint density at radius 3 is 1.90 bits per heavy atom. The van der Waals surface area contributed by atoms with E-state index in [1.807, 2.05) is 30.3 Å². The summed E-state index contributed by atoms with van der Waals surface area (Å²) in [6.07, 6.45) is 10.6. The Balaban J connectivity index is 1.81. The molecule has 4 heteroatoms. The zero-order valence-electron chi connectivity index (χ0n) is 18.5. The van der Waals surface area contributed by atoms with Crippen molar-refractivity contribution in [1.82, 2.24) is 0 Å². The van der Waals surface area contributed by atoms with Gasteiger partial charge in [-0.05, 0) is 49.2 Å². The molecule has 30 heavy (non-hydrogen) atoms. The Hall–Kier alpha value is -2.49. The second-order valence-corrected chi connectivity index (χ2v) is 7.53. The smallest absolute Gasteiger partial charge is 0.343 e. The number of carbonyl (C=O) groups excluding carboxylic acids is 1. The molecule has 0 aliphatic rings. The monoisotopic (exact) mass is 412 g/mol. The van der Waals surface area contributed by atoms with Gasteiger partial charge in [0.2, 0.25) is 0 Å². The molecule has 2 rings (SSSR count). The second-order valence-electron chi connectivity index (χ2n) is 7.53. The lowest BCUT2D eigenvalue weighted by Gasteiger charge is -2.12. The third-order valence-electron chi connectivity index (χ3n) is 4.91. The number of unbranched alkanes of at least 4 members (excludes halogenated alkanes) is 7. The van der Waals surface area contributed by atoms with Crippen LogP contribution in [0.4, 0.5) is 0 Å². The summed E-state index contributed by atoms with van der Waals surface area (Å²) in [5.74, 6) is 1.43. The van der Waals surface area contributed by atoms with E-state index in [1.165, 1.54) is 38.5 Å². The summed E-state index contributed by atoms with van der Waals surface area (Å²) in [6, 6.07) is 14.4. The predicted molar refractivity (Wildman–Crippen MR) is 122 cm³/mol. The van der Waals surface area contributed by atoms with Gasteiger partial charge in [-0.15, -0.1) is 0 Å². The average molecular weight is 413 g/mol. The first kappa shape index (κ1) is 23.8. The summed E-state index contributed by atoms with van der Waals surface area (Å²) in [6.45, 7) is 5.72. The van der Waals surface area contributed by atoms with Gasteiger partial charge >= 0.3 is 5.97 Å². The van der Waals surface area contributed by atoms with Crippen LogP contribution in [0.1, 0.15) is 82.0 Å². The van der Waals surface area contributed by atoms with Gasteiger partial charge in [-0.3, -0.25) is 0 Å². The number of hydrogen-bond acceptors (Lipinski definition) is 4. The maximum absolute atomic E-state index is 12.5. The summed E-state index contributed by atoms with van der Waals surface area (Å²) in [7, 11) is 0. The topological polar surface area (TPSA) is 44.8 Å². The van der Waals surface area contributed by atoms with Crippen LogP contribution >= 0.6 is 0 Å². The molecule has 0 heterocycles. The Morgan fingerprint density at radius 1 is 0.667 bits per heavy atom. The summed E-state index contributed by atoms with van der Waals surface area (Å²) in [4.78, 5) is 12.5. The quantitative estimate of drug-likeness (QED) is 0.176. The molecule has 4 nitrogen and oxygen atoms in total. The van der Waals surface area contributed by atoms with Crippen molar-refractivity contribution in [2.24, 2.45) is 0 Å². The average Bonchev–Trinajstić information content (AvgIpc) is 2.77. The number of para-hydroxylation sites is 2. The van der Waals surface area contributed by atoms with Gasteiger partial charge in [0, 0.05) is 0 Å². The molecule has 0 saturated carbocycles. The normalized spacial score (nSPS) is 10.6. The molecule has 0 atom stereocenters. The van der Waals surface area contributed by atoms with Crippen LogP contribution in [-0.4, -0.2) is 19.2 Å². The number of benzene rings is 2. The fraction of sp³-hybridized carbons (Fsp3) is 0.500. The van der Waals surface area contributed by atoms with Crippen LogP contribution in [0.3, 0.4) is 0 Å². The molecule has 0 aliphatic carbocycles. The van der Waals surface area contributed by atoms with Crippen molar-refractivity contribution in [3.05, 3.63) is 54.1 Å². The van der Waals surface area contributed by atoms with Gasteiger partial charge in [-0.2, -0.15) is 0 Å². The second kappa shape index (κ2) is 14.5. The molecule has 0 aromatic heterocycles. The fourth-order valence-electron chi connectivity index (χ4n) is 3.11.